The molecule has 1 fully saturated rings. The van der Waals surface area contributed by atoms with Gasteiger partial charge in [0, 0.05) is 37.0 Å². The first kappa shape index (κ1) is 19.7. The van der Waals surface area contributed by atoms with Gasteiger partial charge >= 0.3 is 0 Å². The van der Waals surface area contributed by atoms with Crippen molar-refractivity contribution in [3.8, 4) is 11.5 Å². The average molecular weight is 432 g/mol. The molecule has 1 aliphatic rings. The molecular formula is C19H21N5O3S2. The molecule has 1 saturated heterocycles. The van der Waals surface area contributed by atoms with Crippen molar-refractivity contribution in [3.63, 3.8) is 0 Å². The molecule has 1 amide bonds. The first-order chi connectivity index (χ1) is 14.2. The highest BCUT2D eigenvalue weighted by Gasteiger charge is 2.19. The number of benzene rings is 1. The van der Waals surface area contributed by atoms with Gasteiger partial charge in [-0.1, -0.05) is 23.1 Å². The van der Waals surface area contributed by atoms with Gasteiger partial charge in [0.2, 0.25) is 5.91 Å². The number of nitrogens with zero attached hydrogens (tertiary/aromatic N) is 4. The molecule has 1 aliphatic heterocycles. The van der Waals surface area contributed by atoms with Crippen LogP contribution in [0.25, 0.3) is 10.3 Å². The van der Waals surface area contributed by atoms with E-state index >= 15 is 0 Å². The third kappa shape index (κ3) is 4.54. The molecule has 3 heterocycles. The number of rotatable bonds is 7. The number of ether oxygens (including phenoxy) is 2. The Labute approximate surface area is 176 Å². The van der Waals surface area contributed by atoms with Crippen molar-refractivity contribution in [2.24, 2.45) is 0 Å². The van der Waals surface area contributed by atoms with Gasteiger partial charge in [-0.15, -0.1) is 0 Å². The predicted octanol–water partition coefficient (Wildman–Crippen LogP) is 3.43. The number of thiazole rings is 1. The van der Waals surface area contributed by atoms with Gasteiger partial charge in [-0.3, -0.25) is 4.79 Å². The third-order valence-corrected chi connectivity index (χ3v) is 6.73. The Morgan fingerprint density at radius 1 is 1.17 bits per heavy atom. The SMILES string of the molecule is COc1cc(NC(=O)CSc2ncnc3nc(N4CCCC4)sc23)cc(OC)c1. The summed E-state index contributed by atoms with van der Waals surface area (Å²) in [6.07, 6.45) is 3.89. The summed E-state index contributed by atoms with van der Waals surface area (Å²) < 4.78 is 11.4. The van der Waals surface area contributed by atoms with Crippen molar-refractivity contribution in [1.82, 2.24) is 15.0 Å². The molecule has 1 N–H and O–H groups in total. The van der Waals surface area contributed by atoms with Crippen LogP contribution in [0.2, 0.25) is 0 Å². The lowest BCUT2D eigenvalue weighted by atomic mass is 10.2. The Kier molecular flexibility index (Phi) is 6.00. The summed E-state index contributed by atoms with van der Waals surface area (Å²) in [5, 5.41) is 4.63. The molecule has 2 aromatic heterocycles. The maximum absolute atomic E-state index is 12.5. The molecule has 29 heavy (non-hydrogen) atoms. The smallest absolute Gasteiger partial charge is 0.234 e. The molecule has 3 aromatic rings. The van der Waals surface area contributed by atoms with Crippen LogP contribution in [0, 0.1) is 0 Å². The molecule has 0 saturated carbocycles. The summed E-state index contributed by atoms with van der Waals surface area (Å²) in [6, 6.07) is 5.25. The minimum absolute atomic E-state index is 0.138. The van der Waals surface area contributed by atoms with E-state index < -0.39 is 0 Å². The van der Waals surface area contributed by atoms with Crippen LogP contribution < -0.4 is 19.7 Å². The van der Waals surface area contributed by atoms with Crippen LogP contribution in [0.15, 0.2) is 29.6 Å². The van der Waals surface area contributed by atoms with E-state index in [-0.39, 0.29) is 11.7 Å². The number of thioether (sulfide) groups is 1. The molecule has 8 nitrogen and oxygen atoms in total. The minimum atomic E-state index is -0.138. The second-order valence-electron chi connectivity index (χ2n) is 6.46. The molecule has 0 aliphatic carbocycles. The lowest BCUT2D eigenvalue weighted by Gasteiger charge is -2.11. The Bertz CT molecular complexity index is 998. The molecule has 0 spiro atoms. The van der Waals surface area contributed by atoms with Crippen molar-refractivity contribution < 1.29 is 14.3 Å². The molecule has 1 aromatic carbocycles. The van der Waals surface area contributed by atoms with Gasteiger partial charge in [0.05, 0.1) is 20.0 Å². The number of fused-ring (bicyclic) bond motifs is 1. The van der Waals surface area contributed by atoms with Gasteiger partial charge in [0.1, 0.15) is 27.6 Å². The lowest BCUT2D eigenvalue weighted by Crippen LogP contribution is -2.16. The number of amides is 1. The second kappa shape index (κ2) is 8.83. The van der Waals surface area contributed by atoms with Gasteiger partial charge in [-0.05, 0) is 12.8 Å². The van der Waals surface area contributed by atoms with Crippen LogP contribution >= 0.6 is 23.1 Å². The van der Waals surface area contributed by atoms with E-state index in [4.69, 9.17) is 9.47 Å². The topological polar surface area (TPSA) is 89.5 Å². The first-order valence-corrected chi connectivity index (χ1v) is 11.0. The average Bonchev–Trinajstić information content (AvgIpc) is 3.41. The monoisotopic (exact) mass is 431 g/mol. The normalized spacial score (nSPS) is 13.7. The number of carbonyl (C=O) groups is 1. The Morgan fingerprint density at radius 3 is 2.59 bits per heavy atom. The van der Waals surface area contributed by atoms with E-state index in [9.17, 15) is 4.79 Å². The van der Waals surface area contributed by atoms with E-state index in [2.05, 4.69) is 25.2 Å². The highest BCUT2D eigenvalue weighted by molar-refractivity contribution is 8.00. The van der Waals surface area contributed by atoms with E-state index in [1.54, 1.807) is 43.8 Å². The number of methoxy groups -OCH3 is 2. The van der Waals surface area contributed by atoms with E-state index in [0.29, 0.717) is 22.8 Å². The fourth-order valence-corrected chi connectivity index (χ4v) is 5.02. The Morgan fingerprint density at radius 2 is 1.90 bits per heavy atom. The zero-order valence-corrected chi connectivity index (χ0v) is 17.8. The highest BCUT2D eigenvalue weighted by Crippen LogP contribution is 2.35. The Hall–Kier alpha value is -2.59. The summed E-state index contributed by atoms with van der Waals surface area (Å²) in [5.74, 6) is 1.32. The Balaban J connectivity index is 1.44. The molecule has 4 rings (SSSR count). The van der Waals surface area contributed by atoms with Crippen LogP contribution in [0.4, 0.5) is 10.8 Å². The van der Waals surface area contributed by atoms with Crippen molar-refractivity contribution in [3.05, 3.63) is 24.5 Å². The second-order valence-corrected chi connectivity index (χ2v) is 8.40. The molecule has 0 radical (unpaired) electrons. The lowest BCUT2D eigenvalue weighted by molar-refractivity contribution is -0.113. The number of carbonyl (C=O) groups excluding carboxylic acids is 1. The molecule has 0 unspecified atom stereocenters. The van der Waals surface area contributed by atoms with Crippen LogP contribution in [0.5, 0.6) is 11.5 Å². The van der Waals surface area contributed by atoms with E-state index in [1.165, 1.54) is 30.9 Å². The summed E-state index contributed by atoms with van der Waals surface area (Å²) in [5.41, 5.74) is 1.31. The van der Waals surface area contributed by atoms with E-state index in [0.717, 1.165) is 27.9 Å². The maximum atomic E-state index is 12.5. The standard InChI is InChI=1S/C19H21N5O3S2/c1-26-13-7-12(8-14(9-13)27-2)22-15(25)10-28-18-16-17(20-11-21-18)23-19(29-16)24-5-3-4-6-24/h7-9,11H,3-6,10H2,1-2H3,(H,22,25). The van der Waals surface area contributed by atoms with Gasteiger partial charge < -0.3 is 19.7 Å². The third-order valence-electron chi connectivity index (χ3n) is 4.50. The molecule has 10 heteroatoms. The van der Waals surface area contributed by atoms with Crippen molar-refractivity contribution in [1.29, 1.82) is 0 Å². The summed E-state index contributed by atoms with van der Waals surface area (Å²) in [7, 11) is 3.14. The van der Waals surface area contributed by atoms with Gasteiger partial charge in [-0.25, -0.2) is 9.97 Å². The molecule has 0 atom stereocenters. The quantitative estimate of drug-likeness (QED) is 0.450. The van der Waals surface area contributed by atoms with Crippen molar-refractivity contribution in [2.75, 3.05) is 43.3 Å². The number of aromatic nitrogens is 3. The van der Waals surface area contributed by atoms with Crippen LogP contribution in [-0.4, -0.2) is 53.9 Å². The van der Waals surface area contributed by atoms with Crippen LogP contribution in [-0.2, 0) is 4.79 Å². The van der Waals surface area contributed by atoms with Gasteiger partial charge in [0.25, 0.3) is 0 Å². The van der Waals surface area contributed by atoms with Crippen molar-refractivity contribution in [2.45, 2.75) is 17.9 Å². The highest BCUT2D eigenvalue weighted by atomic mass is 32.2. The summed E-state index contributed by atoms with van der Waals surface area (Å²) in [6.45, 7) is 2.06. The maximum Gasteiger partial charge on any atom is 0.234 e. The predicted molar refractivity (Wildman–Crippen MR) is 116 cm³/mol. The van der Waals surface area contributed by atoms with Crippen LogP contribution in [0.3, 0.4) is 0 Å². The molecular weight excluding hydrogens is 410 g/mol. The van der Waals surface area contributed by atoms with Gasteiger partial charge in [-0.2, -0.15) is 4.98 Å². The fraction of sp³-hybridized carbons (Fsp3) is 0.368. The fourth-order valence-electron chi connectivity index (χ4n) is 3.08. The number of nitrogens with one attached hydrogen (secondary N) is 1. The summed E-state index contributed by atoms with van der Waals surface area (Å²) >= 11 is 2.97. The van der Waals surface area contributed by atoms with Crippen molar-refractivity contribution >= 4 is 50.2 Å². The number of hydrogen-bond donors (Lipinski definition) is 1. The largest absolute Gasteiger partial charge is 0.497 e. The minimum Gasteiger partial charge on any atom is -0.497 e. The van der Waals surface area contributed by atoms with Crippen LogP contribution in [0.1, 0.15) is 12.8 Å². The first-order valence-electron chi connectivity index (χ1n) is 9.18. The number of hydrogen-bond acceptors (Lipinski definition) is 9. The molecule has 152 valence electrons. The zero-order valence-electron chi connectivity index (χ0n) is 16.2. The summed E-state index contributed by atoms with van der Waals surface area (Å²) in [4.78, 5) is 28.0. The number of anilines is 2. The zero-order chi connectivity index (χ0) is 20.2. The van der Waals surface area contributed by atoms with E-state index in [1.807, 2.05) is 0 Å². The van der Waals surface area contributed by atoms with Gasteiger partial charge in [0.15, 0.2) is 10.8 Å². The molecule has 0 bridgehead atoms.